The molecule has 112 valence electrons. The van der Waals surface area contributed by atoms with Gasteiger partial charge in [-0.2, -0.15) is 4.31 Å². The third-order valence-corrected chi connectivity index (χ3v) is 4.20. The molecule has 0 aliphatic carbocycles. The molecule has 6 heteroatoms. The van der Waals surface area contributed by atoms with E-state index in [1.54, 1.807) is 6.92 Å². The van der Waals surface area contributed by atoms with Gasteiger partial charge in [-0.15, -0.1) is 0 Å². The van der Waals surface area contributed by atoms with Crippen LogP contribution in [0.2, 0.25) is 0 Å². The second-order valence-corrected chi connectivity index (χ2v) is 6.77. The van der Waals surface area contributed by atoms with Crippen molar-refractivity contribution >= 4 is 15.9 Å². The Kier molecular flexibility index (Phi) is 6.16. The summed E-state index contributed by atoms with van der Waals surface area (Å²) in [6.07, 6.45) is 1.58. The highest BCUT2D eigenvalue weighted by atomic mass is 32.2. The predicted molar refractivity (Wildman–Crippen MR) is 79.7 cm³/mol. The zero-order chi connectivity index (χ0) is 15.2. The Hall–Kier alpha value is -1.40. The molecular weight excluding hydrogens is 276 g/mol. The number of nitrogens with one attached hydrogen (secondary N) is 1. The van der Waals surface area contributed by atoms with Gasteiger partial charge in [-0.1, -0.05) is 36.8 Å². The van der Waals surface area contributed by atoms with Crippen LogP contribution in [0.15, 0.2) is 24.3 Å². The third kappa shape index (κ3) is 5.71. The van der Waals surface area contributed by atoms with Crippen molar-refractivity contribution in [1.82, 2.24) is 9.62 Å². The summed E-state index contributed by atoms with van der Waals surface area (Å²) >= 11 is 0. The number of carbonyl (C=O) groups is 1. The number of rotatable bonds is 7. The van der Waals surface area contributed by atoms with Crippen LogP contribution in [0.25, 0.3) is 0 Å². The van der Waals surface area contributed by atoms with Crippen molar-refractivity contribution in [3.63, 3.8) is 0 Å². The Bertz CT molecular complexity index is 538. The topological polar surface area (TPSA) is 66.5 Å². The van der Waals surface area contributed by atoms with Gasteiger partial charge < -0.3 is 5.32 Å². The van der Waals surface area contributed by atoms with Gasteiger partial charge in [0.2, 0.25) is 15.9 Å². The summed E-state index contributed by atoms with van der Waals surface area (Å²) in [6, 6.07) is 7.74. The molecule has 0 heterocycles. The van der Waals surface area contributed by atoms with E-state index < -0.39 is 10.0 Å². The highest BCUT2D eigenvalue weighted by molar-refractivity contribution is 7.88. The summed E-state index contributed by atoms with van der Waals surface area (Å²) in [6.45, 7) is 4.67. The smallest absolute Gasteiger partial charge is 0.219 e. The fraction of sp³-hybridized carbons (Fsp3) is 0.500. The molecule has 20 heavy (non-hydrogen) atoms. The summed E-state index contributed by atoms with van der Waals surface area (Å²) in [5.41, 5.74) is 2.07. The maximum atomic E-state index is 11.8. The minimum Gasteiger partial charge on any atom is -0.355 e. The average Bonchev–Trinajstić information content (AvgIpc) is 2.38. The largest absolute Gasteiger partial charge is 0.355 e. The first-order chi connectivity index (χ1) is 9.32. The van der Waals surface area contributed by atoms with E-state index in [2.05, 4.69) is 5.32 Å². The van der Waals surface area contributed by atoms with Crippen LogP contribution in [-0.4, -0.2) is 38.0 Å². The van der Waals surface area contributed by atoms with Crippen LogP contribution in [0.4, 0.5) is 0 Å². The molecule has 1 aromatic carbocycles. The maximum Gasteiger partial charge on any atom is 0.219 e. The monoisotopic (exact) mass is 298 g/mol. The van der Waals surface area contributed by atoms with Gasteiger partial charge in [-0.05, 0) is 12.5 Å². The molecule has 0 atom stereocenters. The third-order valence-electron chi connectivity index (χ3n) is 2.95. The number of nitrogens with zero attached hydrogens (tertiary/aromatic N) is 1. The fourth-order valence-electron chi connectivity index (χ4n) is 1.70. The van der Waals surface area contributed by atoms with Gasteiger partial charge >= 0.3 is 0 Å². The van der Waals surface area contributed by atoms with Gasteiger partial charge in [0.05, 0.1) is 6.26 Å². The minimum atomic E-state index is -3.30. The fourth-order valence-corrected chi connectivity index (χ4v) is 2.51. The zero-order valence-electron chi connectivity index (χ0n) is 12.2. The van der Waals surface area contributed by atoms with E-state index in [0.717, 1.165) is 11.1 Å². The van der Waals surface area contributed by atoms with Crippen molar-refractivity contribution in [1.29, 1.82) is 0 Å². The molecule has 0 aliphatic rings. The van der Waals surface area contributed by atoms with E-state index in [0.29, 0.717) is 19.5 Å². The molecule has 0 saturated carbocycles. The highest BCUT2D eigenvalue weighted by Crippen LogP contribution is 2.09. The summed E-state index contributed by atoms with van der Waals surface area (Å²) in [7, 11) is -3.30. The van der Waals surface area contributed by atoms with E-state index in [4.69, 9.17) is 0 Å². The van der Waals surface area contributed by atoms with Crippen LogP contribution in [-0.2, 0) is 21.4 Å². The first kappa shape index (κ1) is 16.7. The molecule has 0 saturated heterocycles. The number of benzene rings is 1. The Labute approximate surface area is 121 Å². The van der Waals surface area contributed by atoms with Gasteiger partial charge in [0.1, 0.15) is 0 Å². The van der Waals surface area contributed by atoms with Gasteiger partial charge in [-0.25, -0.2) is 8.42 Å². The molecular formula is C14H22N2O3S. The van der Waals surface area contributed by atoms with Crippen molar-refractivity contribution < 1.29 is 13.2 Å². The van der Waals surface area contributed by atoms with E-state index >= 15 is 0 Å². The Morgan fingerprint density at radius 2 is 1.85 bits per heavy atom. The Morgan fingerprint density at radius 1 is 1.25 bits per heavy atom. The average molecular weight is 298 g/mol. The highest BCUT2D eigenvalue weighted by Gasteiger charge is 2.16. The molecule has 0 spiro atoms. The first-order valence-corrected chi connectivity index (χ1v) is 8.45. The van der Waals surface area contributed by atoms with Crippen LogP contribution in [0.1, 0.15) is 24.5 Å². The summed E-state index contributed by atoms with van der Waals surface area (Å²) in [5.74, 6) is -0.0752. The number of amides is 1. The van der Waals surface area contributed by atoms with Crippen LogP contribution in [0.5, 0.6) is 0 Å². The predicted octanol–water partition coefficient (Wildman–Crippen LogP) is 1.28. The van der Waals surface area contributed by atoms with Gasteiger partial charge in [-0.3, -0.25) is 4.79 Å². The van der Waals surface area contributed by atoms with Crippen molar-refractivity contribution in [3.05, 3.63) is 35.4 Å². The number of hydrogen-bond donors (Lipinski definition) is 1. The van der Waals surface area contributed by atoms with Crippen LogP contribution in [0, 0.1) is 6.92 Å². The lowest BCUT2D eigenvalue weighted by Crippen LogP contribution is -2.37. The molecule has 1 N–H and O–H groups in total. The number of hydrogen-bond acceptors (Lipinski definition) is 3. The zero-order valence-corrected chi connectivity index (χ0v) is 13.0. The second kappa shape index (κ2) is 7.40. The first-order valence-electron chi connectivity index (χ1n) is 6.60. The summed E-state index contributed by atoms with van der Waals surface area (Å²) in [4.78, 5) is 11.2. The van der Waals surface area contributed by atoms with E-state index in [9.17, 15) is 13.2 Å². The Balaban J connectivity index is 2.66. The van der Waals surface area contributed by atoms with Crippen molar-refractivity contribution in [2.75, 3.05) is 19.3 Å². The molecule has 0 fully saturated rings. The molecule has 0 unspecified atom stereocenters. The molecule has 0 radical (unpaired) electrons. The van der Waals surface area contributed by atoms with Crippen LogP contribution >= 0.6 is 0 Å². The maximum absolute atomic E-state index is 11.8. The number of carbonyl (C=O) groups excluding carboxylic acids is 1. The van der Waals surface area contributed by atoms with E-state index in [1.165, 1.54) is 10.6 Å². The second-order valence-electron chi connectivity index (χ2n) is 4.79. The lowest BCUT2D eigenvalue weighted by atomic mass is 10.1. The minimum absolute atomic E-state index is 0.0752. The Morgan fingerprint density at radius 3 is 2.35 bits per heavy atom. The van der Waals surface area contributed by atoms with Crippen LogP contribution in [0.3, 0.4) is 0 Å². The molecule has 0 bridgehead atoms. The van der Waals surface area contributed by atoms with Crippen molar-refractivity contribution in [2.24, 2.45) is 0 Å². The van der Waals surface area contributed by atoms with Crippen molar-refractivity contribution in [2.45, 2.75) is 26.8 Å². The number of sulfonamides is 1. The lowest BCUT2D eigenvalue weighted by molar-refractivity contribution is -0.120. The number of aryl methyl sites for hydroxylation is 1. The SMILES string of the molecule is CCC(=O)NCCN(Cc1ccc(C)cc1)S(C)(=O)=O. The molecule has 0 aliphatic heterocycles. The van der Waals surface area contributed by atoms with Gasteiger partial charge in [0.15, 0.2) is 0 Å². The lowest BCUT2D eigenvalue weighted by Gasteiger charge is -2.20. The van der Waals surface area contributed by atoms with Gasteiger partial charge in [0.25, 0.3) is 0 Å². The summed E-state index contributed by atoms with van der Waals surface area (Å²) in [5, 5.41) is 2.68. The molecule has 5 nitrogen and oxygen atoms in total. The van der Waals surface area contributed by atoms with E-state index in [-0.39, 0.29) is 12.5 Å². The molecule has 1 aromatic rings. The molecule has 1 amide bonds. The summed E-state index contributed by atoms with van der Waals surface area (Å²) < 4.78 is 24.9. The standard InChI is InChI=1S/C14H22N2O3S/c1-4-14(17)15-9-10-16(20(3,18)19)11-13-7-5-12(2)6-8-13/h5-8H,4,9-11H2,1-3H3,(H,15,17). The van der Waals surface area contributed by atoms with Crippen molar-refractivity contribution in [3.8, 4) is 0 Å². The normalized spacial score (nSPS) is 11.6. The quantitative estimate of drug-likeness (QED) is 0.824. The molecule has 0 aromatic heterocycles. The molecule has 1 rings (SSSR count). The van der Waals surface area contributed by atoms with E-state index in [1.807, 2.05) is 31.2 Å². The van der Waals surface area contributed by atoms with Gasteiger partial charge in [0, 0.05) is 26.1 Å². The van der Waals surface area contributed by atoms with Crippen LogP contribution < -0.4 is 5.32 Å².